The van der Waals surface area contributed by atoms with Gasteiger partial charge in [-0.1, -0.05) is 19.8 Å². The third kappa shape index (κ3) is 3.61. The molecule has 2 rings (SSSR count). The molecule has 1 N–H and O–H groups in total. The van der Waals surface area contributed by atoms with E-state index in [-0.39, 0.29) is 0 Å². The molecule has 2 atom stereocenters. The summed E-state index contributed by atoms with van der Waals surface area (Å²) in [4.78, 5) is 0. The molecule has 0 aromatic carbocycles. The molecule has 1 heterocycles. The third-order valence-corrected chi connectivity index (χ3v) is 3.55. The molecule has 92 valence electrons. The Kier molecular flexibility index (Phi) is 4.22. The predicted octanol–water partition coefficient (Wildman–Crippen LogP) is 3.07. The lowest BCUT2D eigenvalue weighted by molar-refractivity contribution is 0.272. The second kappa shape index (κ2) is 5.88. The molecule has 0 amide bonds. The lowest BCUT2D eigenvalue weighted by Crippen LogP contribution is -2.26. The molecule has 3 heteroatoms. The zero-order chi connectivity index (χ0) is 12.1. The van der Waals surface area contributed by atoms with Crippen molar-refractivity contribution in [3.8, 4) is 6.07 Å². The first kappa shape index (κ1) is 12.2. The number of furan rings is 1. The van der Waals surface area contributed by atoms with Crippen LogP contribution in [0.5, 0.6) is 0 Å². The maximum Gasteiger partial charge on any atom is 0.203 e. The summed E-state index contributed by atoms with van der Waals surface area (Å²) >= 11 is 0. The summed E-state index contributed by atoms with van der Waals surface area (Å²) in [5.74, 6) is 2.94. The van der Waals surface area contributed by atoms with Crippen LogP contribution in [-0.4, -0.2) is 6.54 Å². The zero-order valence-corrected chi connectivity index (χ0v) is 10.4. The SMILES string of the molecule is CC1CCCC(CNCc2ccc(C#N)o2)C1. The van der Waals surface area contributed by atoms with Gasteiger partial charge in [-0.2, -0.15) is 5.26 Å². The van der Waals surface area contributed by atoms with Gasteiger partial charge in [0.2, 0.25) is 5.76 Å². The van der Waals surface area contributed by atoms with E-state index >= 15 is 0 Å². The molecule has 1 aromatic heterocycles. The maximum absolute atomic E-state index is 8.65. The largest absolute Gasteiger partial charge is 0.449 e. The average molecular weight is 232 g/mol. The maximum atomic E-state index is 8.65. The standard InChI is InChI=1S/C14H20N2O/c1-11-3-2-4-12(7-11)9-16-10-14-6-5-13(8-15)17-14/h5-6,11-12,16H,2-4,7,9-10H2,1H3. The Labute approximate surface area is 103 Å². The molecule has 1 fully saturated rings. The van der Waals surface area contributed by atoms with Gasteiger partial charge in [0, 0.05) is 0 Å². The first-order chi connectivity index (χ1) is 8.28. The highest BCUT2D eigenvalue weighted by Gasteiger charge is 2.18. The number of nitrogens with zero attached hydrogens (tertiary/aromatic N) is 1. The van der Waals surface area contributed by atoms with Gasteiger partial charge in [-0.25, -0.2) is 0 Å². The van der Waals surface area contributed by atoms with Gasteiger partial charge in [0.1, 0.15) is 11.8 Å². The summed E-state index contributed by atoms with van der Waals surface area (Å²) in [7, 11) is 0. The number of nitriles is 1. The minimum Gasteiger partial charge on any atom is -0.449 e. The molecule has 0 bridgehead atoms. The van der Waals surface area contributed by atoms with Crippen LogP contribution in [0.15, 0.2) is 16.5 Å². The third-order valence-electron chi connectivity index (χ3n) is 3.55. The Morgan fingerprint density at radius 1 is 1.47 bits per heavy atom. The van der Waals surface area contributed by atoms with Gasteiger partial charge in [-0.05, 0) is 43.4 Å². The van der Waals surface area contributed by atoms with Gasteiger partial charge < -0.3 is 9.73 Å². The van der Waals surface area contributed by atoms with Crippen LogP contribution in [0.4, 0.5) is 0 Å². The van der Waals surface area contributed by atoms with Gasteiger partial charge in [0.25, 0.3) is 0 Å². The molecule has 1 aliphatic carbocycles. The fraction of sp³-hybridized carbons (Fsp3) is 0.643. The Hall–Kier alpha value is -1.27. The summed E-state index contributed by atoms with van der Waals surface area (Å²) in [6, 6.07) is 5.59. The van der Waals surface area contributed by atoms with E-state index in [4.69, 9.17) is 9.68 Å². The van der Waals surface area contributed by atoms with Crippen molar-refractivity contribution in [3.63, 3.8) is 0 Å². The fourth-order valence-corrected chi connectivity index (χ4v) is 2.68. The van der Waals surface area contributed by atoms with Gasteiger partial charge in [-0.3, -0.25) is 0 Å². The molecule has 1 saturated carbocycles. The smallest absolute Gasteiger partial charge is 0.203 e. The normalized spacial score (nSPS) is 24.5. The molecular formula is C14H20N2O. The van der Waals surface area contributed by atoms with E-state index in [1.165, 1.54) is 25.7 Å². The summed E-state index contributed by atoms with van der Waals surface area (Å²) in [5, 5.41) is 12.1. The van der Waals surface area contributed by atoms with Crippen molar-refractivity contribution in [2.24, 2.45) is 11.8 Å². The van der Waals surface area contributed by atoms with Crippen LogP contribution in [0.2, 0.25) is 0 Å². The fourth-order valence-electron chi connectivity index (χ4n) is 2.68. The quantitative estimate of drug-likeness (QED) is 0.868. The molecule has 0 radical (unpaired) electrons. The van der Waals surface area contributed by atoms with Crippen molar-refractivity contribution in [3.05, 3.63) is 23.7 Å². The first-order valence-corrected chi connectivity index (χ1v) is 6.47. The first-order valence-electron chi connectivity index (χ1n) is 6.47. The van der Waals surface area contributed by atoms with Gasteiger partial charge in [0.15, 0.2) is 0 Å². The van der Waals surface area contributed by atoms with Crippen molar-refractivity contribution in [2.75, 3.05) is 6.54 Å². The topological polar surface area (TPSA) is 49.0 Å². The Bertz CT molecular complexity index is 391. The van der Waals surface area contributed by atoms with Crippen molar-refractivity contribution in [2.45, 2.75) is 39.2 Å². The van der Waals surface area contributed by atoms with Crippen molar-refractivity contribution >= 4 is 0 Å². The predicted molar refractivity (Wildman–Crippen MR) is 66.3 cm³/mol. The van der Waals surface area contributed by atoms with Crippen LogP contribution in [0.3, 0.4) is 0 Å². The molecule has 1 aromatic rings. The van der Waals surface area contributed by atoms with Crippen molar-refractivity contribution in [1.29, 1.82) is 5.26 Å². The second-order valence-electron chi connectivity index (χ2n) is 5.15. The molecule has 0 aliphatic heterocycles. The van der Waals surface area contributed by atoms with Crippen LogP contribution in [-0.2, 0) is 6.54 Å². The molecule has 2 unspecified atom stereocenters. The number of hydrogen-bond acceptors (Lipinski definition) is 3. The second-order valence-corrected chi connectivity index (χ2v) is 5.15. The Balaban J connectivity index is 1.70. The summed E-state index contributed by atoms with van der Waals surface area (Å²) in [5.41, 5.74) is 0. The molecular weight excluding hydrogens is 212 g/mol. The lowest BCUT2D eigenvalue weighted by Gasteiger charge is -2.26. The molecule has 17 heavy (non-hydrogen) atoms. The molecule has 3 nitrogen and oxygen atoms in total. The van der Waals surface area contributed by atoms with Gasteiger partial charge >= 0.3 is 0 Å². The Morgan fingerprint density at radius 3 is 3.06 bits per heavy atom. The minimum absolute atomic E-state index is 0.396. The van der Waals surface area contributed by atoms with Crippen LogP contribution in [0.1, 0.15) is 44.1 Å². The molecule has 0 saturated heterocycles. The van der Waals surface area contributed by atoms with Crippen molar-refractivity contribution in [1.82, 2.24) is 5.32 Å². The van der Waals surface area contributed by atoms with Gasteiger partial charge in [-0.15, -0.1) is 0 Å². The highest BCUT2D eigenvalue weighted by atomic mass is 16.3. The van der Waals surface area contributed by atoms with Gasteiger partial charge in [0.05, 0.1) is 6.54 Å². The van der Waals surface area contributed by atoms with E-state index in [1.807, 2.05) is 12.1 Å². The number of nitrogens with one attached hydrogen (secondary N) is 1. The summed E-state index contributed by atoms with van der Waals surface area (Å²) < 4.78 is 5.32. The van der Waals surface area contributed by atoms with Crippen LogP contribution in [0, 0.1) is 23.2 Å². The van der Waals surface area contributed by atoms with Crippen LogP contribution in [0.25, 0.3) is 0 Å². The minimum atomic E-state index is 0.396. The lowest BCUT2D eigenvalue weighted by atomic mass is 9.82. The monoisotopic (exact) mass is 232 g/mol. The van der Waals surface area contributed by atoms with E-state index in [1.54, 1.807) is 6.07 Å². The highest BCUT2D eigenvalue weighted by Crippen LogP contribution is 2.27. The Morgan fingerprint density at radius 2 is 2.35 bits per heavy atom. The number of rotatable bonds is 4. The van der Waals surface area contributed by atoms with E-state index in [0.29, 0.717) is 5.76 Å². The van der Waals surface area contributed by atoms with E-state index in [0.717, 1.165) is 30.7 Å². The number of hydrogen-bond donors (Lipinski definition) is 1. The summed E-state index contributed by atoms with van der Waals surface area (Å²) in [6.45, 7) is 4.14. The zero-order valence-electron chi connectivity index (χ0n) is 10.4. The summed E-state index contributed by atoms with van der Waals surface area (Å²) in [6.07, 6.45) is 5.45. The average Bonchev–Trinajstić information content (AvgIpc) is 2.77. The van der Waals surface area contributed by atoms with Crippen LogP contribution < -0.4 is 5.32 Å². The molecule has 1 aliphatic rings. The molecule has 0 spiro atoms. The van der Waals surface area contributed by atoms with E-state index in [2.05, 4.69) is 12.2 Å². The highest BCUT2D eigenvalue weighted by molar-refractivity contribution is 5.18. The van der Waals surface area contributed by atoms with E-state index < -0.39 is 0 Å². The van der Waals surface area contributed by atoms with E-state index in [9.17, 15) is 0 Å². The van der Waals surface area contributed by atoms with Crippen LogP contribution >= 0.6 is 0 Å². The van der Waals surface area contributed by atoms with Crippen molar-refractivity contribution < 1.29 is 4.42 Å².